The molecule has 2 aromatic rings. The number of benzene rings is 2. The van der Waals surface area contributed by atoms with Gasteiger partial charge in [-0.1, -0.05) is 48.5 Å². The average Bonchev–Trinajstić information content (AvgIpc) is 2.67. The van der Waals surface area contributed by atoms with E-state index in [1.807, 2.05) is 55.1 Å². The molecule has 0 radical (unpaired) electrons. The normalized spacial score (nSPS) is 19.7. The first kappa shape index (κ1) is 18.6. The van der Waals surface area contributed by atoms with E-state index in [1.165, 1.54) is 5.56 Å². The van der Waals surface area contributed by atoms with Gasteiger partial charge in [-0.2, -0.15) is 0 Å². The van der Waals surface area contributed by atoms with Crippen LogP contribution in [0.25, 0.3) is 0 Å². The fourth-order valence-corrected chi connectivity index (χ4v) is 3.62. The number of hydrogen-bond donors (Lipinski definition) is 0. The van der Waals surface area contributed by atoms with Gasteiger partial charge in [0.2, 0.25) is 5.91 Å². The van der Waals surface area contributed by atoms with Crippen molar-refractivity contribution in [3.05, 3.63) is 66.2 Å². The highest BCUT2D eigenvalue weighted by Crippen LogP contribution is 2.38. The highest BCUT2D eigenvalue weighted by atomic mass is 16.7. The van der Waals surface area contributed by atoms with E-state index >= 15 is 0 Å². The molecule has 1 heterocycles. The summed E-state index contributed by atoms with van der Waals surface area (Å²) in [6, 6.07) is 20.3. The fourth-order valence-electron chi connectivity index (χ4n) is 3.62. The van der Waals surface area contributed by atoms with Crippen molar-refractivity contribution in [1.82, 2.24) is 0 Å². The second kappa shape index (κ2) is 8.97. The van der Waals surface area contributed by atoms with Crippen LogP contribution in [-0.2, 0) is 20.7 Å². The molecule has 3 rings (SSSR count). The largest absolute Gasteiger partial charge is 0.352 e. The van der Waals surface area contributed by atoms with E-state index < -0.39 is 6.29 Å². The van der Waals surface area contributed by atoms with Crippen LogP contribution >= 0.6 is 0 Å². The topological polar surface area (TPSA) is 38.8 Å². The summed E-state index contributed by atoms with van der Waals surface area (Å²) in [6.07, 6.45) is 1.33. The molecule has 1 saturated heterocycles. The monoisotopic (exact) mass is 353 g/mol. The van der Waals surface area contributed by atoms with Gasteiger partial charge in [0, 0.05) is 18.9 Å². The van der Waals surface area contributed by atoms with Crippen LogP contribution in [0.15, 0.2) is 60.7 Å². The van der Waals surface area contributed by atoms with Gasteiger partial charge in [0.25, 0.3) is 0 Å². The molecule has 0 bridgehead atoms. The zero-order valence-electron chi connectivity index (χ0n) is 15.5. The Morgan fingerprint density at radius 3 is 2.08 bits per heavy atom. The molecule has 0 aromatic heterocycles. The summed E-state index contributed by atoms with van der Waals surface area (Å²) >= 11 is 0. The Morgan fingerprint density at radius 2 is 1.50 bits per heavy atom. The van der Waals surface area contributed by atoms with Gasteiger partial charge in [0.15, 0.2) is 6.29 Å². The van der Waals surface area contributed by atoms with Gasteiger partial charge in [0.05, 0.1) is 6.04 Å². The molecular formula is C22H27NO3. The maximum Gasteiger partial charge on any atom is 0.237 e. The zero-order valence-corrected chi connectivity index (χ0v) is 15.5. The molecule has 1 fully saturated rings. The van der Waals surface area contributed by atoms with Crippen LogP contribution in [0, 0.1) is 5.92 Å². The van der Waals surface area contributed by atoms with Crippen molar-refractivity contribution in [1.29, 1.82) is 0 Å². The molecule has 0 N–H and O–H groups in total. The number of β-lactam (4-membered cyclic amide) rings is 1. The molecule has 138 valence electrons. The van der Waals surface area contributed by atoms with Crippen LogP contribution in [0.3, 0.4) is 0 Å². The molecule has 1 aliphatic rings. The molecule has 1 amide bonds. The summed E-state index contributed by atoms with van der Waals surface area (Å²) < 4.78 is 11.5. The van der Waals surface area contributed by atoms with Gasteiger partial charge >= 0.3 is 0 Å². The Bertz CT molecular complexity index is 683. The Morgan fingerprint density at radius 1 is 0.923 bits per heavy atom. The third-order valence-corrected chi connectivity index (χ3v) is 4.83. The first-order valence-corrected chi connectivity index (χ1v) is 9.41. The van der Waals surface area contributed by atoms with Crippen LogP contribution in [0.4, 0.5) is 5.69 Å². The molecule has 2 aromatic carbocycles. The van der Waals surface area contributed by atoms with Crippen molar-refractivity contribution in [3.8, 4) is 0 Å². The van der Waals surface area contributed by atoms with Crippen molar-refractivity contribution in [2.75, 3.05) is 18.1 Å². The minimum absolute atomic E-state index is 0.0770. The van der Waals surface area contributed by atoms with E-state index in [9.17, 15) is 4.79 Å². The smallest absolute Gasteiger partial charge is 0.237 e. The number of carbonyl (C=O) groups excluding carboxylic acids is 1. The summed E-state index contributed by atoms with van der Waals surface area (Å²) in [5, 5.41) is 0. The standard InChI is InChI=1S/C22H27NO3/c1-3-25-22(26-4-2)20-19(16-15-17-11-7-5-8-12-17)23(21(20)24)18-13-9-6-10-14-18/h5-14,19-20,22H,3-4,15-16H2,1-2H3. The SMILES string of the molecule is CCOC(OCC)C1C(=O)N(c2ccccc2)C1CCc1ccccc1. The lowest BCUT2D eigenvalue weighted by molar-refractivity contribution is -0.188. The minimum atomic E-state index is -0.474. The highest BCUT2D eigenvalue weighted by Gasteiger charge is 2.52. The number of nitrogens with zero attached hydrogens (tertiary/aromatic N) is 1. The number of hydrogen-bond acceptors (Lipinski definition) is 3. The summed E-state index contributed by atoms with van der Waals surface area (Å²) in [6.45, 7) is 4.93. The molecule has 0 saturated carbocycles. The molecule has 0 aliphatic carbocycles. The van der Waals surface area contributed by atoms with Gasteiger partial charge in [-0.15, -0.1) is 0 Å². The summed E-state index contributed by atoms with van der Waals surface area (Å²) in [7, 11) is 0. The molecule has 26 heavy (non-hydrogen) atoms. The van der Waals surface area contributed by atoms with Crippen molar-refractivity contribution in [3.63, 3.8) is 0 Å². The van der Waals surface area contributed by atoms with Gasteiger partial charge in [0.1, 0.15) is 5.92 Å². The fraction of sp³-hybridized carbons (Fsp3) is 0.409. The lowest BCUT2D eigenvalue weighted by atomic mass is 9.82. The van der Waals surface area contributed by atoms with Crippen LogP contribution in [0.5, 0.6) is 0 Å². The van der Waals surface area contributed by atoms with Crippen molar-refractivity contribution in [2.45, 2.75) is 39.0 Å². The zero-order chi connectivity index (χ0) is 18.4. The van der Waals surface area contributed by atoms with E-state index in [1.54, 1.807) is 0 Å². The first-order valence-electron chi connectivity index (χ1n) is 9.41. The van der Waals surface area contributed by atoms with Crippen molar-refractivity contribution in [2.24, 2.45) is 5.92 Å². The van der Waals surface area contributed by atoms with E-state index in [0.29, 0.717) is 13.2 Å². The van der Waals surface area contributed by atoms with E-state index in [4.69, 9.17) is 9.47 Å². The van der Waals surface area contributed by atoms with Crippen LogP contribution in [0.2, 0.25) is 0 Å². The van der Waals surface area contributed by atoms with E-state index in [2.05, 4.69) is 24.3 Å². The first-order chi connectivity index (χ1) is 12.8. The second-order valence-corrected chi connectivity index (χ2v) is 6.44. The maximum atomic E-state index is 12.9. The predicted molar refractivity (Wildman–Crippen MR) is 103 cm³/mol. The third-order valence-electron chi connectivity index (χ3n) is 4.83. The molecule has 2 unspecified atom stereocenters. The maximum absolute atomic E-state index is 12.9. The number of aryl methyl sites for hydroxylation is 1. The minimum Gasteiger partial charge on any atom is -0.352 e. The van der Waals surface area contributed by atoms with Crippen LogP contribution in [-0.4, -0.2) is 31.5 Å². The summed E-state index contributed by atoms with van der Waals surface area (Å²) in [4.78, 5) is 14.8. The molecular weight excluding hydrogens is 326 g/mol. The number of anilines is 1. The van der Waals surface area contributed by atoms with Gasteiger partial charge in [-0.3, -0.25) is 4.79 Å². The van der Waals surface area contributed by atoms with Gasteiger partial charge in [-0.25, -0.2) is 0 Å². The van der Waals surface area contributed by atoms with Crippen molar-refractivity contribution < 1.29 is 14.3 Å². The second-order valence-electron chi connectivity index (χ2n) is 6.44. The molecule has 2 atom stereocenters. The summed E-state index contributed by atoms with van der Waals surface area (Å²) in [5.41, 5.74) is 2.22. The molecule has 4 heteroatoms. The Kier molecular flexibility index (Phi) is 6.42. The lowest BCUT2D eigenvalue weighted by Gasteiger charge is -2.49. The highest BCUT2D eigenvalue weighted by molar-refractivity contribution is 6.03. The Balaban J connectivity index is 1.79. The summed E-state index contributed by atoms with van der Waals surface area (Å²) in [5.74, 6) is -0.167. The predicted octanol–water partition coefficient (Wildman–Crippen LogP) is 4.05. The Labute approximate surface area is 155 Å². The molecule has 4 nitrogen and oxygen atoms in total. The van der Waals surface area contributed by atoms with Crippen LogP contribution in [0.1, 0.15) is 25.8 Å². The van der Waals surface area contributed by atoms with E-state index in [0.717, 1.165) is 18.5 Å². The quantitative estimate of drug-likeness (QED) is 0.504. The van der Waals surface area contributed by atoms with Gasteiger partial charge < -0.3 is 14.4 Å². The molecule has 0 spiro atoms. The third kappa shape index (κ3) is 3.97. The number of para-hydroxylation sites is 1. The number of rotatable bonds is 9. The average molecular weight is 353 g/mol. The Hall–Kier alpha value is -2.17. The molecule has 1 aliphatic heterocycles. The number of amides is 1. The number of ether oxygens (including phenoxy) is 2. The van der Waals surface area contributed by atoms with Gasteiger partial charge in [-0.05, 0) is 44.4 Å². The lowest BCUT2D eigenvalue weighted by Crippen LogP contribution is -2.66. The number of carbonyl (C=O) groups is 1. The van der Waals surface area contributed by atoms with Crippen LogP contribution < -0.4 is 4.90 Å². The van der Waals surface area contributed by atoms with Crippen molar-refractivity contribution >= 4 is 11.6 Å². The van der Waals surface area contributed by atoms with E-state index in [-0.39, 0.29) is 17.9 Å².